The SMILES string of the molecule is CC(=O)N1c2ccc(C3=CN(C4CCNCC4)N(C)C3)c(Oc3ccc(C(F)(F)F)cn3)c2CC[C@@H]1C. The summed E-state index contributed by atoms with van der Waals surface area (Å²) in [5.74, 6) is 0.573. The van der Waals surface area contributed by atoms with Crippen LogP contribution in [-0.4, -0.2) is 59.7 Å². The number of carbonyl (C=O) groups excluding carboxylic acids is 1. The molecule has 0 radical (unpaired) electrons. The van der Waals surface area contributed by atoms with Crippen molar-refractivity contribution in [1.82, 2.24) is 20.3 Å². The van der Waals surface area contributed by atoms with Gasteiger partial charge >= 0.3 is 6.18 Å². The van der Waals surface area contributed by atoms with Crippen LogP contribution in [0.3, 0.4) is 0 Å². The molecule has 1 N–H and O–H groups in total. The standard InChI is InChI=1S/C27H32F3N5O2/c1-17-4-6-23-24(35(17)18(2)36)8-7-22(19-15-33(3)34(16-19)21-10-12-31-13-11-21)26(23)37-25-9-5-20(14-32-25)27(28,29)30/h5,7-9,14,16-17,21,31H,4,6,10-13,15H2,1-3H3/t17-/m0/s1. The van der Waals surface area contributed by atoms with Crippen LogP contribution in [0.2, 0.25) is 0 Å². The monoisotopic (exact) mass is 515 g/mol. The highest BCUT2D eigenvalue weighted by Crippen LogP contribution is 2.44. The van der Waals surface area contributed by atoms with Crippen LogP contribution in [0.15, 0.2) is 36.7 Å². The summed E-state index contributed by atoms with van der Waals surface area (Å²) in [6, 6.07) is 6.58. The maximum Gasteiger partial charge on any atom is 0.417 e. The van der Waals surface area contributed by atoms with E-state index in [9.17, 15) is 18.0 Å². The van der Waals surface area contributed by atoms with E-state index in [2.05, 4.69) is 33.6 Å². The Bertz CT molecular complexity index is 1190. The molecule has 3 aliphatic rings. The number of rotatable bonds is 4. The Morgan fingerprint density at radius 1 is 1.14 bits per heavy atom. The van der Waals surface area contributed by atoms with Gasteiger partial charge in [0.25, 0.3) is 0 Å². The normalized spacial score (nSPS) is 21.1. The zero-order valence-corrected chi connectivity index (χ0v) is 21.3. The van der Waals surface area contributed by atoms with Crippen LogP contribution in [-0.2, 0) is 17.4 Å². The minimum atomic E-state index is -4.47. The first-order valence-corrected chi connectivity index (χ1v) is 12.7. The minimum absolute atomic E-state index is 0.0418. The number of pyridine rings is 1. The fourth-order valence-electron chi connectivity index (χ4n) is 5.60. The molecule has 198 valence electrons. The van der Waals surface area contributed by atoms with Crippen molar-refractivity contribution in [2.75, 3.05) is 31.6 Å². The number of hydrogen-bond acceptors (Lipinski definition) is 6. The summed E-state index contributed by atoms with van der Waals surface area (Å²) in [5.41, 5.74) is 2.74. The third-order valence-corrected chi connectivity index (χ3v) is 7.47. The van der Waals surface area contributed by atoms with Crippen molar-refractivity contribution in [3.8, 4) is 11.6 Å². The number of hydrogen-bond donors (Lipinski definition) is 1. The van der Waals surface area contributed by atoms with E-state index < -0.39 is 11.7 Å². The number of likely N-dealkylation sites (N-methyl/N-ethyl adjacent to an activating group) is 1. The Hall–Kier alpha value is -3.11. The highest BCUT2D eigenvalue weighted by molar-refractivity contribution is 5.95. The van der Waals surface area contributed by atoms with Gasteiger partial charge in [-0.05, 0) is 69.5 Å². The van der Waals surface area contributed by atoms with Gasteiger partial charge in [0.2, 0.25) is 11.8 Å². The number of carbonyl (C=O) groups is 1. The molecule has 1 fully saturated rings. The number of piperidine rings is 1. The van der Waals surface area contributed by atoms with E-state index in [4.69, 9.17) is 4.74 Å². The summed E-state index contributed by atoms with van der Waals surface area (Å²) < 4.78 is 45.5. The first-order valence-electron chi connectivity index (χ1n) is 12.7. The maximum atomic E-state index is 13.1. The second-order valence-corrected chi connectivity index (χ2v) is 10.0. The fourth-order valence-corrected chi connectivity index (χ4v) is 5.60. The smallest absolute Gasteiger partial charge is 0.417 e. The Morgan fingerprint density at radius 3 is 2.54 bits per heavy atom. The maximum absolute atomic E-state index is 13.1. The minimum Gasteiger partial charge on any atom is -0.438 e. The molecule has 5 rings (SSSR count). The number of fused-ring (bicyclic) bond motifs is 1. The molecular formula is C27H32F3N5O2. The lowest BCUT2D eigenvalue weighted by Crippen LogP contribution is -2.45. The Morgan fingerprint density at radius 2 is 1.89 bits per heavy atom. The van der Waals surface area contributed by atoms with Crippen molar-refractivity contribution in [1.29, 1.82) is 0 Å². The second-order valence-electron chi connectivity index (χ2n) is 10.0. The lowest BCUT2D eigenvalue weighted by Gasteiger charge is -2.36. The largest absolute Gasteiger partial charge is 0.438 e. The number of ether oxygens (including phenoxy) is 1. The number of hydrazine groups is 1. The van der Waals surface area contributed by atoms with E-state index in [0.717, 1.165) is 67.0 Å². The van der Waals surface area contributed by atoms with Gasteiger partial charge in [-0.3, -0.25) is 4.79 Å². The zero-order chi connectivity index (χ0) is 26.3. The van der Waals surface area contributed by atoms with Gasteiger partial charge in [-0.1, -0.05) is 0 Å². The molecular weight excluding hydrogens is 483 g/mol. The van der Waals surface area contributed by atoms with E-state index in [0.29, 0.717) is 24.8 Å². The van der Waals surface area contributed by atoms with Crippen LogP contribution in [0.4, 0.5) is 18.9 Å². The predicted molar refractivity (Wildman–Crippen MR) is 135 cm³/mol. The van der Waals surface area contributed by atoms with Crippen LogP contribution >= 0.6 is 0 Å². The van der Waals surface area contributed by atoms with Crippen molar-refractivity contribution >= 4 is 17.2 Å². The Balaban J connectivity index is 1.56. The van der Waals surface area contributed by atoms with Crippen molar-refractivity contribution in [2.45, 2.75) is 57.8 Å². The zero-order valence-electron chi connectivity index (χ0n) is 21.3. The highest BCUT2D eigenvalue weighted by atomic mass is 19.4. The topological polar surface area (TPSA) is 60.9 Å². The summed E-state index contributed by atoms with van der Waals surface area (Å²) in [7, 11) is 2.06. The average molecular weight is 516 g/mol. The number of nitrogens with one attached hydrogen (secondary N) is 1. The van der Waals surface area contributed by atoms with Gasteiger partial charge in [0.05, 0.1) is 11.3 Å². The van der Waals surface area contributed by atoms with Crippen molar-refractivity contribution < 1.29 is 22.7 Å². The van der Waals surface area contributed by atoms with Gasteiger partial charge in [0.1, 0.15) is 5.75 Å². The number of nitrogens with zero attached hydrogens (tertiary/aromatic N) is 4. The summed E-state index contributed by atoms with van der Waals surface area (Å²) in [5, 5.41) is 7.87. The molecule has 0 unspecified atom stereocenters. The van der Waals surface area contributed by atoms with Crippen LogP contribution < -0.4 is 15.0 Å². The third-order valence-electron chi connectivity index (χ3n) is 7.47. The first kappa shape index (κ1) is 25.5. The molecule has 3 aliphatic heterocycles. The van der Waals surface area contributed by atoms with E-state index in [1.807, 2.05) is 19.1 Å². The number of anilines is 1. The molecule has 1 aromatic carbocycles. The lowest BCUT2D eigenvalue weighted by molar-refractivity contribution is -0.137. The fraction of sp³-hybridized carbons (Fsp3) is 0.481. The molecule has 0 spiro atoms. The molecule has 0 bridgehead atoms. The third kappa shape index (κ3) is 5.04. The van der Waals surface area contributed by atoms with Gasteiger partial charge < -0.3 is 20.0 Å². The molecule has 7 nitrogen and oxygen atoms in total. The van der Waals surface area contributed by atoms with Crippen LogP contribution in [0.1, 0.15) is 49.8 Å². The van der Waals surface area contributed by atoms with Crippen LogP contribution in [0.25, 0.3) is 5.57 Å². The van der Waals surface area contributed by atoms with E-state index >= 15 is 0 Å². The number of alkyl halides is 3. The van der Waals surface area contributed by atoms with E-state index in [-0.39, 0.29) is 17.8 Å². The lowest BCUT2D eigenvalue weighted by atomic mass is 9.91. The number of benzene rings is 1. The molecule has 1 aromatic heterocycles. The summed E-state index contributed by atoms with van der Waals surface area (Å²) in [6.45, 7) is 6.19. The Labute approximate surface area is 214 Å². The quantitative estimate of drug-likeness (QED) is 0.629. The second kappa shape index (κ2) is 9.98. The average Bonchev–Trinajstić information content (AvgIpc) is 3.25. The molecule has 10 heteroatoms. The van der Waals surface area contributed by atoms with Crippen LogP contribution in [0, 0.1) is 0 Å². The molecule has 2 aromatic rings. The van der Waals surface area contributed by atoms with Crippen molar-refractivity contribution in [3.05, 3.63) is 53.4 Å². The molecule has 4 heterocycles. The summed E-state index contributed by atoms with van der Waals surface area (Å²) in [6.07, 6.45) is 2.00. The summed E-state index contributed by atoms with van der Waals surface area (Å²) >= 11 is 0. The molecule has 1 amide bonds. The van der Waals surface area contributed by atoms with Gasteiger partial charge in [0, 0.05) is 62.2 Å². The van der Waals surface area contributed by atoms with Crippen LogP contribution in [0.5, 0.6) is 11.6 Å². The molecule has 1 atom stereocenters. The van der Waals surface area contributed by atoms with Gasteiger partial charge in [-0.25, -0.2) is 9.99 Å². The van der Waals surface area contributed by atoms with E-state index in [1.54, 1.807) is 11.8 Å². The van der Waals surface area contributed by atoms with Gasteiger partial charge in [-0.2, -0.15) is 13.2 Å². The summed E-state index contributed by atoms with van der Waals surface area (Å²) in [4.78, 5) is 18.2. The Kier molecular flexibility index (Phi) is 6.89. The van der Waals surface area contributed by atoms with Crippen molar-refractivity contribution in [2.24, 2.45) is 0 Å². The molecule has 0 aliphatic carbocycles. The van der Waals surface area contributed by atoms with Gasteiger partial charge in [-0.15, -0.1) is 0 Å². The number of halogens is 3. The van der Waals surface area contributed by atoms with Crippen molar-refractivity contribution in [3.63, 3.8) is 0 Å². The number of amides is 1. The molecule has 1 saturated heterocycles. The molecule has 37 heavy (non-hydrogen) atoms. The van der Waals surface area contributed by atoms with Gasteiger partial charge in [0.15, 0.2) is 0 Å². The first-order chi connectivity index (χ1) is 17.6. The number of aromatic nitrogens is 1. The predicted octanol–water partition coefficient (Wildman–Crippen LogP) is 4.84. The van der Waals surface area contributed by atoms with E-state index in [1.165, 1.54) is 6.07 Å². The molecule has 0 saturated carbocycles. The highest BCUT2D eigenvalue weighted by Gasteiger charge is 2.34.